The summed E-state index contributed by atoms with van der Waals surface area (Å²) in [7, 11) is 1.80. The lowest BCUT2D eigenvalue weighted by Crippen LogP contribution is -2.01. The van der Waals surface area contributed by atoms with E-state index in [0.29, 0.717) is 11.6 Å². The van der Waals surface area contributed by atoms with Crippen LogP contribution in [0.5, 0.6) is 5.75 Å². The molecular weight excluding hydrogens is 318 g/mol. The van der Waals surface area contributed by atoms with Gasteiger partial charge in [-0.05, 0) is 34.1 Å². The highest BCUT2D eigenvalue weighted by atomic mass is 79.9. The van der Waals surface area contributed by atoms with Gasteiger partial charge in [-0.25, -0.2) is 4.98 Å². The second-order valence-electron chi connectivity index (χ2n) is 3.51. The highest BCUT2D eigenvalue weighted by Gasteiger charge is 2.03. The predicted molar refractivity (Wildman–Crippen MR) is 75.1 cm³/mol. The van der Waals surface area contributed by atoms with Gasteiger partial charge in [0.2, 0.25) is 0 Å². The van der Waals surface area contributed by atoms with Gasteiger partial charge in [-0.1, -0.05) is 11.6 Å². The molecule has 0 aliphatic rings. The molecule has 0 saturated carbocycles. The summed E-state index contributed by atoms with van der Waals surface area (Å²) < 4.78 is 6.44. The average Bonchev–Trinajstić information content (AvgIpc) is 2.38. The topological polar surface area (TPSA) is 47.0 Å². The Morgan fingerprint density at radius 3 is 2.78 bits per heavy atom. The lowest BCUT2D eigenvalue weighted by Gasteiger charge is -2.08. The molecule has 2 rings (SSSR count). The smallest absolute Gasteiger partial charge is 0.144 e. The molecule has 0 unspecified atom stereocenters. The maximum Gasteiger partial charge on any atom is 0.144 e. The second kappa shape index (κ2) is 6.02. The molecule has 6 heteroatoms. The Hall–Kier alpha value is -1.33. The highest BCUT2D eigenvalue weighted by molar-refractivity contribution is 9.10. The van der Waals surface area contributed by atoms with Gasteiger partial charge in [0.25, 0.3) is 0 Å². The first-order valence-electron chi connectivity index (χ1n) is 5.25. The van der Waals surface area contributed by atoms with Crippen molar-refractivity contribution in [2.75, 3.05) is 12.4 Å². The number of nitrogens with zero attached hydrogens (tertiary/aromatic N) is 2. The van der Waals surface area contributed by atoms with Crippen LogP contribution < -0.4 is 10.1 Å². The molecule has 1 heterocycles. The zero-order chi connectivity index (χ0) is 13.0. The Morgan fingerprint density at radius 2 is 2.17 bits per heavy atom. The van der Waals surface area contributed by atoms with E-state index in [9.17, 15) is 0 Å². The molecule has 0 amide bonds. The number of rotatable bonds is 4. The van der Waals surface area contributed by atoms with Crippen LogP contribution in [-0.4, -0.2) is 17.0 Å². The van der Waals surface area contributed by atoms with Gasteiger partial charge in [-0.15, -0.1) is 0 Å². The number of aromatic nitrogens is 2. The molecule has 0 radical (unpaired) electrons. The Kier molecular flexibility index (Phi) is 4.38. The third-order valence-electron chi connectivity index (χ3n) is 2.23. The zero-order valence-corrected chi connectivity index (χ0v) is 12.0. The van der Waals surface area contributed by atoms with Crippen molar-refractivity contribution in [2.24, 2.45) is 0 Å². The lowest BCUT2D eigenvalue weighted by molar-refractivity contribution is 0.299. The maximum atomic E-state index is 5.85. The van der Waals surface area contributed by atoms with E-state index in [1.165, 1.54) is 0 Å². The predicted octanol–water partition coefficient (Wildman–Crippen LogP) is 3.51. The van der Waals surface area contributed by atoms with E-state index in [-0.39, 0.29) is 0 Å². The van der Waals surface area contributed by atoms with Crippen LogP contribution in [-0.2, 0) is 6.61 Å². The number of benzene rings is 1. The largest absolute Gasteiger partial charge is 0.486 e. The van der Waals surface area contributed by atoms with E-state index in [4.69, 9.17) is 16.3 Å². The quantitative estimate of drug-likeness (QED) is 0.933. The minimum atomic E-state index is 0.358. The van der Waals surface area contributed by atoms with E-state index in [1.807, 2.05) is 6.07 Å². The minimum absolute atomic E-state index is 0.358. The van der Waals surface area contributed by atoms with Gasteiger partial charge in [-0.2, -0.15) is 0 Å². The fraction of sp³-hybridized carbons (Fsp3) is 0.167. The highest BCUT2D eigenvalue weighted by Crippen LogP contribution is 2.28. The van der Waals surface area contributed by atoms with Gasteiger partial charge in [0.1, 0.15) is 18.2 Å². The second-order valence-corrected chi connectivity index (χ2v) is 4.80. The molecule has 0 bridgehead atoms. The van der Waals surface area contributed by atoms with Crippen LogP contribution in [0.1, 0.15) is 5.69 Å². The number of nitrogens with one attached hydrogen (secondary N) is 1. The lowest BCUT2D eigenvalue weighted by atomic mass is 10.3. The average molecular weight is 329 g/mol. The zero-order valence-electron chi connectivity index (χ0n) is 9.65. The van der Waals surface area contributed by atoms with Gasteiger partial charge in [0, 0.05) is 12.1 Å². The number of halogens is 2. The summed E-state index contributed by atoms with van der Waals surface area (Å²) >= 11 is 9.24. The first-order chi connectivity index (χ1) is 8.69. The molecule has 1 N–H and O–H groups in total. The van der Waals surface area contributed by atoms with E-state index in [0.717, 1.165) is 21.7 Å². The molecule has 4 nitrogen and oxygen atoms in total. The SMILES string of the molecule is CNc1cnc(COc2ccc(Cl)cc2Br)cn1. The molecular formula is C12H11BrClN3O. The number of hydrogen-bond acceptors (Lipinski definition) is 4. The standard InChI is InChI=1S/C12H11BrClN3O/c1-15-12-6-16-9(5-17-12)7-18-11-3-2-8(14)4-10(11)13/h2-6H,7H2,1H3,(H,15,17). The number of anilines is 1. The van der Waals surface area contributed by atoms with Crippen molar-refractivity contribution in [2.45, 2.75) is 6.61 Å². The number of ether oxygens (including phenoxy) is 1. The van der Waals surface area contributed by atoms with Gasteiger partial charge in [-0.3, -0.25) is 4.98 Å². The minimum Gasteiger partial charge on any atom is -0.486 e. The van der Waals surface area contributed by atoms with Crippen LogP contribution in [0.25, 0.3) is 0 Å². The molecule has 0 fully saturated rings. The third-order valence-corrected chi connectivity index (χ3v) is 3.09. The van der Waals surface area contributed by atoms with Crippen LogP contribution in [0.15, 0.2) is 35.1 Å². The summed E-state index contributed by atoms with van der Waals surface area (Å²) in [5.41, 5.74) is 0.760. The van der Waals surface area contributed by atoms with Gasteiger partial charge in [0.15, 0.2) is 0 Å². The molecule has 0 aliphatic carbocycles. The fourth-order valence-electron chi connectivity index (χ4n) is 1.30. The Labute approximate surface area is 118 Å². The summed E-state index contributed by atoms with van der Waals surface area (Å²) in [4.78, 5) is 8.38. The van der Waals surface area contributed by atoms with Crippen molar-refractivity contribution in [3.05, 3.63) is 45.8 Å². The fourth-order valence-corrected chi connectivity index (χ4v) is 2.10. The van der Waals surface area contributed by atoms with Crippen molar-refractivity contribution >= 4 is 33.3 Å². The summed E-state index contributed by atoms with van der Waals surface area (Å²) in [6, 6.07) is 5.37. The molecule has 1 aromatic carbocycles. The van der Waals surface area contributed by atoms with Crippen molar-refractivity contribution < 1.29 is 4.74 Å². The summed E-state index contributed by atoms with van der Waals surface area (Å²) in [6.45, 7) is 0.358. The van der Waals surface area contributed by atoms with Crippen molar-refractivity contribution in [3.8, 4) is 5.75 Å². The van der Waals surface area contributed by atoms with E-state index < -0.39 is 0 Å². The monoisotopic (exact) mass is 327 g/mol. The molecule has 94 valence electrons. The van der Waals surface area contributed by atoms with Crippen LogP contribution in [0.2, 0.25) is 5.02 Å². The molecule has 2 aromatic rings. The summed E-state index contributed by atoms with van der Waals surface area (Å²) in [5.74, 6) is 1.45. The Morgan fingerprint density at radius 1 is 1.33 bits per heavy atom. The molecule has 0 spiro atoms. The summed E-state index contributed by atoms with van der Waals surface area (Å²) in [6.07, 6.45) is 3.34. The molecule has 0 atom stereocenters. The van der Waals surface area contributed by atoms with Crippen LogP contribution in [0, 0.1) is 0 Å². The Balaban J connectivity index is 2.02. The first-order valence-corrected chi connectivity index (χ1v) is 6.42. The third kappa shape index (κ3) is 3.34. The van der Waals surface area contributed by atoms with Crippen LogP contribution in [0.3, 0.4) is 0 Å². The van der Waals surface area contributed by atoms with E-state index in [1.54, 1.807) is 31.6 Å². The van der Waals surface area contributed by atoms with Crippen molar-refractivity contribution in [3.63, 3.8) is 0 Å². The molecule has 0 aliphatic heterocycles. The summed E-state index contributed by atoms with van der Waals surface area (Å²) in [5, 5.41) is 3.57. The first kappa shape index (κ1) is 13.1. The van der Waals surface area contributed by atoms with Crippen molar-refractivity contribution in [1.29, 1.82) is 0 Å². The van der Waals surface area contributed by atoms with Gasteiger partial charge < -0.3 is 10.1 Å². The van der Waals surface area contributed by atoms with Crippen molar-refractivity contribution in [1.82, 2.24) is 9.97 Å². The van der Waals surface area contributed by atoms with E-state index in [2.05, 4.69) is 31.2 Å². The maximum absolute atomic E-state index is 5.85. The molecule has 0 saturated heterocycles. The van der Waals surface area contributed by atoms with Gasteiger partial charge >= 0.3 is 0 Å². The normalized spacial score (nSPS) is 10.2. The Bertz CT molecular complexity index is 533. The molecule has 18 heavy (non-hydrogen) atoms. The van der Waals surface area contributed by atoms with Crippen LogP contribution in [0.4, 0.5) is 5.82 Å². The van der Waals surface area contributed by atoms with Gasteiger partial charge in [0.05, 0.1) is 22.6 Å². The number of hydrogen-bond donors (Lipinski definition) is 1. The van der Waals surface area contributed by atoms with E-state index >= 15 is 0 Å². The molecule has 1 aromatic heterocycles. The van der Waals surface area contributed by atoms with Crippen LogP contribution >= 0.6 is 27.5 Å².